The molecule has 1 aromatic rings. The molecule has 2 amide bonds. The van der Waals surface area contributed by atoms with Crippen LogP contribution >= 0.6 is 12.4 Å². The number of carbonyl (C=O) groups is 2. The third kappa shape index (κ3) is 4.87. The molecule has 0 atom stereocenters. The number of nitrogens with one attached hydrogen (secondary N) is 1. The molecule has 24 heavy (non-hydrogen) atoms. The van der Waals surface area contributed by atoms with Gasteiger partial charge in [-0.1, -0.05) is 0 Å². The molecular weight excluding hydrogens is 343 g/mol. The quantitative estimate of drug-likeness (QED) is 0.628. The van der Waals surface area contributed by atoms with Crippen molar-refractivity contribution in [2.24, 2.45) is 0 Å². The number of nitrogens with zero attached hydrogens (tertiary/aromatic N) is 3. The average Bonchev–Trinajstić information content (AvgIpc) is 2.54. The fourth-order valence-electron chi connectivity index (χ4n) is 2.31. The molecule has 1 saturated heterocycles. The zero-order chi connectivity index (χ0) is 17.0. The molecule has 1 aliphatic rings. The van der Waals surface area contributed by atoms with Crippen molar-refractivity contribution in [2.45, 2.75) is 0 Å². The minimum absolute atomic E-state index is 0. The number of benzene rings is 1. The highest BCUT2D eigenvalue weighted by Gasteiger charge is 2.22. The number of halogens is 2. The molecule has 0 radical (unpaired) electrons. The van der Waals surface area contributed by atoms with Crippen LogP contribution in [0.25, 0.3) is 0 Å². The Morgan fingerprint density at radius 2 is 1.96 bits per heavy atom. The second kappa shape index (κ2) is 8.55. The molecule has 1 aromatic carbocycles. The van der Waals surface area contributed by atoms with Gasteiger partial charge in [0.15, 0.2) is 0 Å². The van der Waals surface area contributed by atoms with Gasteiger partial charge in [-0.25, -0.2) is 4.39 Å². The first kappa shape index (κ1) is 19.8. The molecule has 132 valence electrons. The van der Waals surface area contributed by atoms with Crippen molar-refractivity contribution in [3.05, 3.63) is 39.7 Å². The summed E-state index contributed by atoms with van der Waals surface area (Å²) in [4.78, 5) is 37.1. The summed E-state index contributed by atoms with van der Waals surface area (Å²) in [6, 6.07) is 2.65. The molecule has 0 aliphatic carbocycles. The molecule has 2 rings (SSSR count). The van der Waals surface area contributed by atoms with E-state index in [4.69, 9.17) is 0 Å². The Balaban J connectivity index is 0.00000288. The lowest BCUT2D eigenvalue weighted by molar-refractivity contribution is -0.385. The van der Waals surface area contributed by atoms with Crippen LogP contribution in [-0.2, 0) is 4.79 Å². The minimum atomic E-state index is -0.871. The van der Waals surface area contributed by atoms with Gasteiger partial charge in [-0.15, -0.1) is 12.4 Å². The normalized spacial score (nSPS) is 13.8. The van der Waals surface area contributed by atoms with Crippen LogP contribution < -0.4 is 5.32 Å². The number of hydrogen-bond donors (Lipinski definition) is 1. The topological polar surface area (TPSA) is 95.8 Å². The molecule has 0 saturated carbocycles. The molecular formula is C14H18ClFN4O4. The highest BCUT2D eigenvalue weighted by atomic mass is 35.5. The van der Waals surface area contributed by atoms with Gasteiger partial charge in [0.2, 0.25) is 5.91 Å². The monoisotopic (exact) mass is 360 g/mol. The molecule has 0 unspecified atom stereocenters. The average molecular weight is 361 g/mol. The number of likely N-dealkylation sites (N-methyl/N-ethyl adjacent to an activating group) is 1. The summed E-state index contributed by atoms with van der Waals surface area (Å²) < 4.78 is 13.4. The summed E-state index contributed by atoms with van der Waals surface area (Å²) in [5, 5.41) is 13.8. The van der Waals surface area contributed by atoms with Gasteiger partial charge in [0.05, 0.1) is 17.5 Å². The molecule has 1 heterocycles. The Morgan fingerprint density at radius 3 is 2.54 bits per heavy atom. The van der Waals surface area contributed by atoms with Crippen molar-refractivity contribution >= 4 is 29.9 Å². The van der Waals surface area contributed by atoms with Gasteiger partial charge in [0.25, 0.3) is 11.6 Å². The van der Waals surface area contributed by atoms with Crippen molar-refractivity contribution in [3.8, 4) is 0 Å². The zero-order valence-corrected chi connectivity index (χ0v) is 13.8. The van der Waals surface area contributed by atoms with Crippen molar-refractivity contribution in [1.29, 1.82) is 0 Å². The van der Waals surface area contributed by atoms with E-state index in [0.717, 1.165) is 23.1 Å². The summed E-state index contributed by atoms with van der Waals surface area (Å²) in [6.45, 7) is 2.35. The van der Waals surface area contributed by atoms with Crippen LogP contribution in [0, 0.1) is 15.9 Å². The molecule has 8 nitrogen and oxygen atoms in total. The lowest BCUT2D eigenvalue weighted by Gasteiger charge is -2.29. The number of nitro groups is 1. The first-order chi connectivity index (χ1) is 10.9. The Kier molecular flexibility index (Phi) is 7.05. The maximum Gasteiger partial charge on any atom is 0.273 e. The van der Waals surface area contributed by atoms with Crippen LogP contribution in [0.4, 0.5) is 10.1 Å². The van der Waals surface area contributed by atoms with Crippen LogP contribution in [0.3, 0.4) is 0 Å². The van der Waals surface area contributed by atoms with Gasteiger partial charge < -0.3 is 15.1 Å². The molecule has 10 heteroatoms. The van der Waals surface area contributed by atoms with Gasteiger partial charge in [-0.05, 0) is 6.07 Å². The molecule has 0 bridgehead atoms. The summed E-state index contributed by atoms with van der Waals surface area (Å²) in [5.41, 5.74) is -0.664. The van der Waals surface area contributed by atoms with E-state index in [1.54, 1.807) is 4.90 Å². The molecule has 1 N–H and O–H groups in total. The van der Waals surface area contributed by atoms with Crippen LogP contribution in [0.15, 0.2) is 18.2 Å². The third-order valence-electron chi connectivity index (χ3n) is 3.53. The largest absolute Gasteiger partial charge is 0.339 e. The Bertz CT molecular complexity index is 637. The number of hydrogen-bond acceptors (Lipinski definition) is 5. The standard InChI is InChI=1S/C14H17FN4O4.ClH/c1-17(9-13(20)18-4-2-16-3-5-18)14(21)10-6-11(15)8-12(7-10)19(22)23;/h6-8,16H,2-5,9H2,1H3;1H. The number of rotatable bonds is 4. The number of amides is 2. The summed E-state index contributed by atoms with van der Waals surface area (Å²) in [5.74, 6) is -1.73. The van der Waals surface area contributed by atoms with E-state index in [1.165, 1.54) is 7.05 Å². The van der Waals surface area contributed by atoms with E-state index in [2.05, 4.69) is 5.32 Å². The third-order valence-corrected chi connectivity index (χ3v) is 3.53. The van der Waals surface area contributed by atoms with Gasteiger partial charge >= 0.3 is 0 Å². The Morgan fingerprint density at radius 1 is 1.33 bits per heavy atom. The zero-order valence-electron chi connectivity index (χ0n) is 13.0. The van der Waals surface area contributed by atoms with E-state index in [0.29, 0.717) is 26.2 Å². The SMILES string of the molecule is CN(CC(=O)N1CCNCC1)C(=O)c1cc(F)cc([N+](=O)[O-])c1.Cl. The Labute approximate surface area is 144 Å². The maximum atomic E-state index is 13.4. The van der Waals surface area contributed by atoms with Gasteiger partial charge in [-0.3, -0.25) is 19.7 Å². The fourth-order valence-corrected chi connectivity index (χ4v) is 2.31. The summed E-state index contributed by atoms with van der Waals surface area (Å²) in [7, 11) is 1.40. The molecule has 0 aromatic heterocycles. The number of piperazine rings is 1. The highest BCUT2D eigenvalue weighted by molar-refractivity contribution is 5.96. The molecule has 0 spiro atoms. The minimum Gasteiger partial charge on any atom is -0.339 e. The van der Waals surface area contributed by atoms with Crippen molar-refractivity contribution < 1.29 is 18.9 Å². The van der Waals surface area contributed by atoms with Crippen molar-refractivity contribution in [2.75, 3.05) is 39.8 Å². The lowest BCUT2D eigenvalue weighted by Crippen LogP contribution is -2.49. The van der Waals surface area contributed by atoms with E-state index in [-0.39, 0.29) is 30.4 Å². The fraction of sp³-hybridized carbons (Fsp3) is 0.429. The van der Waals surface area contributed by atoms with Gasteiger partial charge in [0.1, 0.15) is 5.82 Å². The number of nitro benzene ring substituents is 1. The van der Waals surface area contributed by atoms with Crippen LogP contribution in [0.2, 0.25) is 0 Å². The lowest BCUT2D eigenvalue weighted by atomic mass is 10.1. The molecule has 1 fully saturated rings. The summed E-state index contributed by atoms with van der Waals surface area (Å²) >= 11 is 0. The number of non-ortho nitro benzene ring substituents is 1. The van der Waals surface area contributed by atoms with E-state index < -0.39 is 22.3 Å². The van der Waals surface area contributed by atoms with E-state index >= 15 is 0 Å². The summed E-state index contributed by atoms with van der Waals surface area (Å²) in [6.07, 6.45) is 0. The predicted molar refractivity (Wildman–Crippen MR) is 86.7 cm³/mol. The van der Waals surface area contributed by atoms with Crippen LogP contribution in [0.1, 0.15) is 10.4 Å². The van der Waals surface area contributed by atoms with E-state index in [1.807, 2.05) is 0 Å². The first-order valence-electron chi connectivity index (χ1n) is 7.07. The van der Waals surface area contributed by atoms with Crippen LogP contribution in [0.5, 0.6) is 0 Å². The maximum absolute atomic E-state index is 13.4. The van der Waals surface area contributed by atoms with Crippen molar-refractivity contribution in [3.63, 3.8) is 0 Å². The van der Waals surface area contributed by atoms with Gasteiger partial charge in [-0.2, -0.15) is 0 Å². The second-order valence-corrected chi connectivity index (χ2v) is 5.25. The Hall–Kier alpha value is -2.26. The predicted octanol–water partition coefficient (Wildman–Crippen LogP) is 0.660. The van der Waals surface area contributed by atoms with Crippen molar-refractivity contribution in [1.82, 2.24) is 15.1 Å². The first-order valence-corrected chi connectivity index (χ1v) is 7.07. The van der Waals surface area contributed by atoms with E-state index in [9.17, 15) is 24.1 Å². The van der Waals surface area contributed by atoms with Crippen LogP contribution in [-0.4, -0.2) is 66.3 Å². The second-order valence-electron chi connectivity index (χ2n) is 5.25. The molecule has 1 aliphatic heterocycles. The van der Waals surface area contributed by atoms with Gasteiger partial charge in [0, 0.05) is 44.9 Å². The number of carbonyl (C=O) groups excluding carboxylic acids is 2. The highest BCUT2D eigenvalue weighted by Crippen LogP contribution is 2.17. The smallest absolute Gasteiger partial charge is 0.273 e.